The quantitative estimate of drug-likeness (QED) is 0.916. The van der Waals surface area contributed by atoms with Crippen molar-refractivity contribution in [3.05, 3.63) is 54.4 Å². The van der Waals surface area contributed by atoms with Crippen LogP contribution < -0.4 is 10.2 Å². The van der Waals surface area contributed by atoms with Gasteiger partial charge in [-0.15, -0.1) is 0 Å². The van der Waals surface area contributed by atoms with Crippen molar-refractivity contribution in [3.63, 3.8) is 0 Å². The number of aromatic nitrogens is 1. The second-order valence-electron chi connectivity index (χ2n) is 5.31. The molecule has 1 N–H and O–H groups in total. The van der Waals surface area contributed by atoms with Gasteiger partial charge in [0.1, 0.15) is 0 Å². The Hall–Kier alpha value is -2.03. The second-order valence-corrected chi connectivity index (χ2v) is 5.31. The molecule has 0 atom stereocenters. The van der Waals surface area contributed by atoms with Crippen LogP contribution in [0.4, 0.5) is 11.4 Å². The average molecular weight is 267 g/mol. The van der Waals surface area contributed by atoms with E-state index in [0.29, 0.717) is 0 Å². The van der Waals surface area contributed by atoms with Crippen molar-refractivity contribution in [2.24, 2.45) is 0 Å². The molecule has 0 bridgehead atoms. The first-order chi connectivity index (χ1) is 9.92. The van der Waals surface area contributed by atoms with Gasteiger partial charge in [-0.2, -0.15) is 0 Å². The van der Waals surface area contributed by atoms with Crippen molar-refractivity contribution >= 4 is 11.4 Å². The van der Waals surface area contributed by atoms with E-state index in [-0.39, 0.29) is 0 Å². The van der Waals surface area contributed by atoms with Gasteiger partial charge >= 0.3 is 0 Å². The Morgan fingerprint density at radius 3 is 2.50 bits per heavy atom. The molecule has 104 valence electrons. The third-order valence-electron chi connectivity index (χ3n) is 3.82. The maximum atomic E-state index is 4.10. The molecule has 0 radical (unpaired) electrons. The number of nitrogens with zero attached hydrogens (tertiary/aromatic N) is 2. The van der Waals surface area contributed by atoms with E-state index >= 15 is 0 Å². The minimum atomic E-state index is 0.839. The summed E-state index contributed by atoms with van der Waals surface area (Å²) < 4.78 is 0. The highest BCUT2D eigenvalue weighted by Gasteiger charge is 2.10. The third-order valence-corrected chi connectivity index (χ3v) is 3.82. The monoisotopic (exact) mass is 267 g/mol. The summed E-state index contributed by atoms with van der Waals surface area (Å²) in [7, 11) is 0. The van der Waals surface area contributed by atoms with Crippen molar-refractivity contribution < 1.29 is 0 Å². The number of rotatable bonds is 4. The van der Waals surface area contributed by atoms with Gasteiger partial charge in [0.2, 0.25) is 0 Å². The van der Waals surface area contributed by atoms with Crippen LogP contribution in [0.2, 0.25) is 0 Å². The van der Waals surface area contributed by atoms with Crippen LogP contribution in [0, 0.1) is 0 Å². The van der Waals surface area contributed by atoms with Gasteiger partial charge in [0.15, 0.2) is 0 Å². The summed E-state index contributed by atoms with van der Waals surface area (Å²) in [6.45, 7) is 3.24. The summed E-state index contributed by atoms with van der Waals surface area (Å²) in [5.41, 5.74) is 3.72. The van der Waals surface area contributed by atoms with E-state index in [0.717, 1.165) is 12.2 Å². The Morgan fingerprint density at radius 2 is 1.80 bits per heavy atom. The molecular weight excluding hydrogens is 246 g/mol. The Labute approximate surface area is 120 Å². The molecule has 0 unspecified atom stereocenters. The predicted octanol–water partition coefficient (Wildman–Crippen LogP) is 3.68. The maximum absolute atomic E-state index is 4.10. The smallest absolute Gasteiger partial charge is 0.0529 e. The fourth-order valence-corrected chi connectivity index (χ4v) is 2.65. The van der Waals surface area contributed by atoms with Crippen LogP contribution in [0.3, 0.4) is 0 Å². The summed E-state index contributed by atoms with van der Waals surface area (Å²) in [5.74, 6) is 0. The fraction of sp³-hybridized carbons (Fsp3) is 0.353. The van der Waals surface area contributed by atoms with Crippen molar-refractivity contribution in [2.45, 2.75) is 25.8 Å². The van der Waals surface area contributed by atoms with Crippen molar-refractivity contribution in [2.75, 3.05) is 23.3 Å². The van der Waals surface area contributed by atoms with Gasteiger partial charge in [0, 0.05) is 37.7 Å². The number of nitrogens with one attached hydrogen (secondary N) is 1. The van der Waals surface area contributed by atoms with E-state index in [9.17, 15) is 0 Å². The van der Waals surface area contributed by atoms with Gasteiger partial charge in [-0.05, 0) is 49.1 Å². The first-order valence-electron chi connectivity index (χ1n) is 7.39. The summed E-state index contributed by atoms with van der Waals surface area (Å²) >= 11 is 0. The molecule has 1 aliphatic rings. The lowest BCUT2D eigenvalue weighted by Gasteiger charge is -2.28. The first-order valence-corrected chi connectivity index (χ1v) is 7.39. The number of benzene rings is 1. The first kappa shape index (κ1) is 13.0. The number of pyridine rings is 1. The van der Waals surface area contributed by atoms with Crippen LogP contribution in [-0.2, 0) is 6.54 Å². The molecule has 1 aromatic heterocycles. The molecule has 1 aliphatic heterocycles. The van der Waals surface area contributed by atoms with Crippen LogP contribution in [0.1, 0.15) is 24.8 Å². The summed E-state index contributed by atoms with van der Waals surface area (Å²) in [6, 6.07) is 12.9. The summed E-state index contributed by atoms with van der Waals surface area (Å²) in [5, 5.41) is 3.38. The van der Waals surface area contributed by atoms with E-state index < -0.39 is 0 Å². The van der Waals surface area contributed by atoms with Gasteiger partial charge in [-0.25, -0.2) is 0 Å². The van der Waals surface area contributed by atoms with E-state index in [1.54, 1.807) is 6.20 Å². The van der Waals surface area contributed by atoms with Crippen molar-refractivity contribution in [1.82, 2.24) is 4.98 Å². The molecule has 2 heterocycles. The van der Waals surface area contributed by atoms with Crippen molar-refractivity contribution in [1.29, 1.82) is 0 Å². The SMILES string of the molecule is c1cncc(NCc2ccc(N3CCCCC3)cc2)c1. The second kappa shape index (κ2) is 6.42. The van der Waals surface area contributed by atoms with Crippen molar-refractivity contribution in [3.8, 4) is 0 Å². The van der Waals surface area contributed by atoms with E-state index in [1.807, 2.05) is 18.3 Å². The molecule has 1 fully saturated rings. The molecule has 2 aromatic rings. The summed E-state index contributed by atoms with van der Waals surface area (Å²) in [6.07, 6.45) is 7.67. The molecular formula is C17H21N3. The number of hydrogen-bond donors (Lipinski definition) is 1. The Morgan fingerprint density at radius 1 is 1.00 bits per heavy atom. The highest BCUT2D eigenvalue weighted by atomic mass is 15.1. The average Bonchev–Trinajstić information content (AvgIpc) is 2.55. The molecule has 0 aliphatic carbocycles. The minimum Gasteiger partial charge on any atom is -0.380 e. The third kappa shape index (κ3) is 3.29. The van der Waals surface area contributed by atoms with Gasteiger partial charge in [0.05, 0.1) is 5.69 Å². The zero-order chi connectivity index (χ0) is 13.6. The van der Waals surface area contributed by atoms with Gasteiger partial charge < -0.3 is 10.2 Å². The van der Waals surface area contributed by atoms with Gasteiger partial charge in [-0.3, -0.25) is 4.98 Å². The molecule has 20 heavy (non-hydrogen) atoms. The van der Waals surface area contributed by atoms with Gasteiger partial charge in [-0.1, -0.05) is 12.1 Å². The molecule has 3 heteroatoms. The maximum Gasteiger partial charge on any atom is 0.0529 e. The van der Waals surface area contributed by atoms with Gasteiger partial charge in [0.25, 0.3) is 0 Å². The zero-order valence-corrected chi connectivity index (χ0v) is 11.8. The van der Waals surface area contributed by atoms with Crippen LogP contribution in [0.15, 0.2) is 48.8 Å². The lowest BCUT2D eigenvalue weighted by Crippen LogP contribution is -2.29. The number of anilines is 2. The summed E-state index contributed by atoms with van der Waals surface area (Å²) in [4.78, 5) is 6.59. The lowest BCUT2D eigenvalue weighted by atomic mass is 10.1. The van der Waals surface area contributed by atoms with E-state index in [1.165, 1.54) is 43.6 Å². The Balaban J connectivity index is 1.58. The largest absolute Gasteiger partial charge is 0.380 e. The Kier molecular flexibility index (Phi) is 4.16. The van der Waals surface area contributed by atoms with E-state index in [2.05, 4.69) is 39.5 Å². The molecule has 1 aromatic carbocycles. The normalized spacial score (nSPS) is 15.1. The topological polar surface area (TPSA) is 28.2 Å². The highest BCUT2D eigenvalue weighted by Crippen LogP contribution is 2.20. The standard InChI is InChI=1S/C17H21N3/c1-2-11-20(12-3-1)17-8-6-15(7-9-17)13-19-16-5-4-10-18-14-16/h4-10,14,19H,1-3,11-13H2. The fourth-order valence-electron chi connectivity index (χ4n) is 2.65. The van der Waals surface area contributed by atoms with Crippen LogP contribution >= 0.6 is 0 Å². The lowest BCUT2D eigenvalue weighted by molar-refractivity contribution is 0.578. The molecule has 3 nitrogen and oxygen atoms in total. The van der Waals surface area contributed by atoms with Crippen LogP contribution in [0.25, 0.3) is 0 Å². The molecule has 0 saturated carbocycles. The number of piperidine rings is 1. The molecule has 1 saturated heterocycles. The predicted molar refractivity (Wildman–Crippen MR) is 84.1 cm³/mol. The number of hydrogen-bond acceptors (Lipinski definition) is 3. The zero-order valence-electron chi connectivity index (χ0n) is 11.8. The minimum absolute atomic E-state index is 0.839. The highest BCUT2D eigenvalue weighted by molar-refractivity contribution is 5.48. The van der Waals surface area contributed by atoms with E-state index in [4.69, 9.17) is 0 Å². The van der Waals surface area contributed by atoms with Crippen LogP contribution in [-0.4, -0.2) is 18.1 Å². The molecule has 3 rings (SSSR count). The Bertz CT molecular complexity index is 516. The molecule has 0 amide bonds. The molecule has 0 spiro atoms. The van der Waals surface area contributed by atoms with Crippen LogP contribution in [0.5, 0.6) is 0 Å².